The highest BCUT2D eigenvalue weighted by molar-refractivity contribution is 7.82. The Morgan fingerprint density at radius 2 is 0.678 bits per heavy atom. The Hall–Kier alpha value is -7.59. The van der Waals surface area contributed by atoms with Gasteiger partial charge in [-0.15, -0.1) is 0 Å². The molecule has 0 saturated carbocycles. The molecule has 29 nitrogen and oxygen atoms in total. The fraction of sp³-hybridized carbons (Fsp3) is 0.762. The average molecular weight is 1640 g/mol. The summed E-state index contributed by atoms with van der Waals surface area (Å²) < 4.78 is 22.3. The van der Waals surface area contributed by atoms with Gasteiger partial charge in [0.2, 0.25) is 29.5 Å². The zero-order valence-electron chi connectivity index (χ0n) is 71.4. The highest BCUT2D eigenvalue weighted by atomic mass is 31.1. The zero-order valence-corrected chi connectivity index (χ0v) is 72.3. The van der Waals surface area contributed by atoms with Gasteiger partial charge in [-0.2, -0.15) is 7.80 Å². The number of carbonyl (C=O) groups excluding carboxylic acids is 20. The van der Waals surface area contributed by atoms with Gasteiger partial charge < -0.3 is 45.5 Å². The smallest absolute Gasteiger partial charge is 0.309 e. The third-order valence-electron chi connectivity index (χ3n) is 19.4. The number of hydrogen-bond donors (Lipinski definition) is 5. The minimum absolute atomic E-state index is 0.00518. The Morgan fingerprint density at radius 1 is 0.322 bits per heavy atom. The van der Waals surface area contributed by atoms with E-state index in [9.17, 15) is 95.9 Å². The number of nitrogens with one attached hydrogen (secondary N) is 5. The van der Waals surface area contributed by atoms with Crippen molar-refractivity contribution in [3.8, 4) is 0 Å². The number of carbonyl (C=O) groups is 20. The summed E-state index contributed by atoms with van der Waals surface area (Å²) in [6.45, 7) is 23.9. The molecule has 2 radical (unpaired) electrons. The highest BCUT2D eigenvalue weighted by Gasteiger charge is 2.35. The number of esters is 2. The largest absolute Gasteiger partial charge is 0.460 e. The molecule has 0 aromatic carbocycles. The number of Topliss-reactive ketones (excluding diaryl/α,β-unsaturated/α-hetero) is 13. The van der Waals surface area contributed by atoms with Gasteiger partial charge in [0.05, 0.1) is 43.9 Å². The van der Waals surface area contributed by atoms with Crippen LogP contribution >= 0.6 is 7.80 Å². The second-order valence-corrected chi connectivity index (χ2v) is 33.3. The van der Waals surface area contributed by atoms with E-state index < -0.39 is 182 Å². The monoisotopic (exact) mass is 1640 g/mol. The molecule has 0 fully saturated rings. The third kappa shape index (κ3) is 50.6. The summed E-state index contributed by atoms with van der Waals surface area (Å²) in [6.07, 6.45) is -3.61. The summed E-state index contributed by atoms with van der Waals surface area (Å²) in [5.41, 5.74) is -1.59. The van der Waals surface area contributed by atoms with Crippen LogP contribution in [0.3, 0.4) is 0 Å². The van der Waals surface area contributed by atoms with Gasteiger partial charge in [-0.3, -0.25) is 95.9 Å². The normalized spacial score (nSPS) is 14.1. The van der Waals surface area contributed by atoms with Crippen molar-refractivity contribution in [2.75, 3.05) is 45.8 Å². The lowest BCUT2D eigenvalue weighted by molar-refractivity contribution is -0.162. The molecule has 10 atom stereocenters. The lowest BCUT2D eigenvalue weighted by atomic mass is 9.86. The van der Waals surface area contributed by atoms with Crippen LogP contribution in [-0.2, 0) is 115 Å². The van der Waals surface area contributed by atoms with Crippen molar-refractivity contribution in [2.45, 2.75) is 338 Å². The van der Waals surface area contributed by atoms with Crippen LogP contribution < -0.4 is 26.6 Å². The first kappa shape index (κ1) is 107. The van der Waals surface area contributed by atoms with Crippen molar-refractivity contribution >= 4 is 132 Å². The number of rotatable bonds is 69. The van der Waals surface area contributed by atoms with E-state index in [1.54, 1.807) is 104 Å². The standard InChI is InChI=1S/C84H135BN5O24P/c1-16-59(91)30-25-55(70(98)20-5)48-64(96)35-38-68(74(102)51-57(71(99)21-6)26-31-60(92)17-2)88-77(105)41-28-58(80(108)90-69(81(109)89-67(73(101)23-8)37-34-62(94)19-4)39-42-78(106)87-66(72(100)22-7)36-33-61(93)18-3)50-65(97)52-112-47-46-111-45-44-86-76(104)40-27-56(75(103)53-115(15)85)49-63(95)32-24-54(82(110)114-84(12,13)14)29-43-79(107)113-83(9,10)11/h54-58,66-69H,16-53H2,1-15H3,(H,86,104)(H,87,106)(H,88,105)(H,89,109)(H,90,108). The van der Waals surface area contributed by atoms with Crippen LogP contribution in [0.5, 0.6) is 0 Å². The van der Waals surface area contributed by atoms with Crippen LogP contribution in [-0.4, -0.2) is 205 Å². The SMILES string of the molecule is [B]P(C)CC(=O)C(CCC(=O)NCCOCCOCC(=O)CC(CCC(=O)NC(CCC(=O)CC(CCC(=O)CC)C(=O)CC)C(=O)CC(CCC(=O)CC)C(=O)CC)C(=O)NC(CCC(=O)NC(CCC(=O)CC)C(=O)CC)C(=O)NC(CCC(=O)CC)C(=O)CC)CC(=O)CCC(CCC(=O)OC(C)(C)C)C(=O)OC(C)(C)C. The molecular formula is C84H135BN5O24P. The van der Waals surface area contributed by atoms with Gasteiger partial charge in [0, 0.05) is 178 Å². The minimum Gasteiger partial charge on any atom is -0.460 e. The van der Waals surface area contributed by atoms with E-state index in [0.717, 1.165) is 0 Å². The average Bonchev–Trinajstić information content (AvgIpc) is 0.913. The highest BCUT2D eigenvalue weighted by Crippen LogP contribution is 2.29. The molecule has 648 valence electrons. The van der Waals surface area contributed by atoms with Crippen molar-refractivity contribution in [3.63, 3.8) is 0 Å². The molecular weight excluding hydrogens is 1500 g/mol. The van der Waals surface area contributed by atoms with E-state index in [2.05, 4.69) is 26.6 Å². The molecule has 0 aromatic heterocycles. The van der Waals surface area contributed by atoms with E-state index in [-0.39, 0.29) is 252 Å². The second-order valence-electron chi connectivity index (χ2n) is 31.5. The van der Waals surface area contributed by atoms with Gasteiger partial charge in [0.15, 0.2) is 23.1 Å². The molecule has 0 bridgehead atoms. The van der Waals surface area contributed by atoms with Crippen LogP contribution in [0.15, 0.2) is 0 Å². The number of amides is 5. The number of ketones is 13. The predicted molar refractivity (Wildman–Crippen MR) is 433 cm³/mol. The van der Waals surface area contributed by atoms with Gasteiger partial charge >= 0.3 is 11.9 Å². The van der Waals surface area contributed by atoms with Crippen molar-refractivity contribution in [1.82, 2.24) is 26.6 Å². The lowest BCUT2D eigenvalue weighted by Crippen LogP contribution is -2.53. The second kappa shape index (κ2) is 59.1. The molecule has 0 aromatic rings. The molecule has 0 aliphatic carbocycles. The van der Waals surface area contributed by atoms with Crippen molar-refractivity contribution in [2.24, 2.45) is 29.6 Å². The Bertz CT molecular complexity index is 3250. The Morgan fingerprint density at radius 3 is 1.15 bits per heavy atom. The zero-order chi connectivity index (χ0) is 87.6. The molecule has 10 unspecified atom stereocenters. The maximum Gasteiger partial charge on any atom is 0.309 e. The fourth-order valence-corrected chi connectivity index (χ4v) is 13.2. The summed E-state index contributed by atoms with van der Waals surface area (Å²) in [5.74, 6) is -14.4. The Kier molecular flexibility index (Phi) is 55.2. The Balaban J connectivity index is 7.08. The molecule has 0 aliphatic rings. The van der Waals surface area contributed by atoms with Crippen LogP contribution in [0.1, 0.15) is 302 Å². The van der Waals surface area contributed by atoms with Crippen LogP contribution in [0.4, 0.5) is 0 Å². The molecule has 0 aliphatic heterocycles. The maximum absolute atomic E-state index is 14.8. The molecule has 115 heavy (non-hydrogen) atoms. The number of ether oxygens (including phenoxy) is 4. The van der Waals surface area contributed by atoms with Gasteiger partial charge in [0.25, 0.3) is 0 Å². The molecule has 5 N–H and O–H groups in total. The molecule has 0 spiro atoms. The quantitative estimate of drug-likeness (QED) is 0.0164. The lowest BCUT2D eigenvalue weighted by Gasteiger charge is -2.25. The summed E-state index contributed by atoms with van der Waals surface area (Å²) in [5, 5.41) is 13.2. The first-order valence-electron chi connectivity index (χ1n) is 41.3. The fourth-order valence-electron chi connectivity index (χ4n) is 12.4. The van der Waals surface area contributed by atoms with E-state index in [4.69, 9.17) is 26.5 Å². The molecule has 0 rings (SSSR count). The van der Waals surface area contributed by atoms with Crippen LogP contribution in [0.25, 0.3) is 0 Å². The van der Waals surface area contributed by atoms with E-state index >= 15 is 0 Å². The minimum atomic E-state index is -1.65. The third-order valence-corrected chi connectivity index (χ3v) is 20.2. The van der Waals surface area contributed by atoms with Crippen LogP contribution in [0, 0.1) is 29.6 Å². The van der Waals surface area contributed by atoms with Gasteiger partial charge in [0.1, 0.15) is 83.5 Å². The molecule has 5 amide bonds. The summed E-state index contributed by atoms with van der Waals surface area (Å²) >= 11 is 0. The van der Waals surface area contributed by atoms with E-state index in [1.165, 1.54) is 0 Å². The van der Waals surface area contributed by atoms with Crippen LogP contribution in [0.2, 0.25) is 0 Å². The first-order chi connectivity index (χ1) is 54.0. The van der Waals surface area contributed by atoms with E-state index in [1.807, 2.05) is 0 Å². The van der Waals surface area contributed by atoms with Gasteiger partial charge in [-0.25, -0.2) is 0 Å². The number of hydrogen-bond acceptors (Lipinski definition) is 24. The first-order valence-corrected chi connectivity index (χ1v) is 43.3. The van der Waals surface area contributed by atoms with Crippen molar-refractivity contribution in [3.05, 3.63) is 0 Å². The van der Waals surface area contributed by atoms with Crippen molar-refractivity contribution in [1.29, 1.82) is 0 Å². The maximum atomic E-state index is 14.8. The molecule has 0 heterocycles. The van der Waals surface area contributed by atoms with Gasteiger partial charge in [-0.05, 0) is 106 Å². The summed E-state index contributed by atoms with van der Waals surface area (Å²) in [7, 11) is 4.83. The van der Waals surface area contributed by atoms with E-state index in [0.29, 0.717) is 0 Å². The Labute approximate surface area is 683 Å². The van der Waals surface area contributed by atoms with Crippen molar-refractivity contribution < 1.29 is 115 Å². The predicted octanol–water partition coefficient (Wildman–Crippen LogP) is 9.08. The molecule has 0 saturated heterocycles. The topological polar surface area (TPSA) is 438 Å². The summed E-state index contributed by atoms with van der Waals surface area (Å²) in [6, 6.07) is -5.38. The molecule has 31 heteroatoms. The van der Waals surface area contributed by atoms with Gasteiger partial charge in [-0.1, -0.05) is 62.1 Å². The summed E-state index contributed by atoms with van der Waals surface area (Å²) in [4.78, 5) is 267.